The van der Waals surface area contributed by atoms with Gasteiger partial charge in [0.2, 0.25) is 0 Å². The Labute approximate surface area is 118 Å². The molecule has 0 aromatic carbocycles. The molecule has 6 nitrogen and oxygen atoms in total. The van der Waals surface area contributed by atoms with Gasteiger partial charge in [-0.2, -0.15) is 0 Å². The van der Waals surface area contributed by atoms with E-state index in [1.54, 1.807) is 19.3 Å². The van der Waals surface area contributed by atoms with Gasteiger partial charge in [-0.25, -0.2) is 4.79 Å². The van der Waals surface area contributed by atoms with Crippen LogP contribution in [0, 0.1) is 5.92 Å². The van der Waals surface area contributed by atoms with Gasteiger partial charge in [0, 0.05) is 18.9 Å². The number of hydrogen-bond donors (Lipinski definition) is 3. The number of carbonyl (C=O) groups is 2. The van der Waals surface area contributed by atoms with Crippen molar-refractivity contribution in [1.29, 1.82) is 0 Å². The SMILES string of the molecule is CC(CCCNC(=O)NC(C)c1cccnc1)C(=O)O. The lowest BCUT2D eigenvalue weighted by Gasteiger charge is -2.14. The van der Waals surface area contributed by atoms with E-state index in [0.717, 1.165) is 5.56 Å². The van der Waals surface area contributed by atoms with Gasteiger partial charge in [0.05, 0.1) is 12.0 Å². The Kier molecular flexibility index (Phi) is 6.49. The van der Waals surface area contributed by atoms with Crippen molar-refractivity contribution in [1.82, 2.24) is 15.6 Å². The molecule has 0 bridgehead atoms. The molecule has 2 unspecified atom stereocenters. The largest absolute Gasteiger partial charge is 0.481 e. The van der Waals surface area contributed by atoms with Crippen LogP contribution in [0.5, 0.6) is 0 Å². The highest BCUT2D eigenvalue weighted by atomic mass is 16.4. The first-order chi connectivity index (χ1) is 9.50. The molecule has 1 rings (SSSR count). The van der Waals surface area contributed by atoms with E-state index in [2.05, 4.69) is 15.6 Å². The summed E-state index contributed by atoms with van der Waals surface area (Å²) in [5.74, 6) is -1.19. The molecule has 0 radical (unpaired) electrons. The Morgan fingerprint density at radius 3 is 2.75 bits per heavy atom. The molecule has 1 aromatic rings. The van der Waals surface area contributed by atoms with Crippen LogP contribution in [0.3, 0.4) is 0 Å². The molecule has 0 aliphatic carbocycles. The van der Waals surface area contributed by atoms with Crippen LogP contribution in [0.1, 0.15) is 38.3 Å². The van der Waals surface area contributed by atoms with Crippen molar-refractivity contribution >= 4 is 12.0 Å². The Hall–Kier alpha value is -2.11. The van der Waals surface area contributed by atoms with E-state index < -0.39 is 5.97 Å². The molecule has 0 saturated heterocycles. The smallest absolute Gasteiger partial charge is 0.315 e. The zero-order chi connectivity index (χ0) is 15.0. The molecule has 1 aromatic heterocycles. The van der Waals surface area contributed by atoms with Crippen LogP contribution >= 0.6 is 0 Å². The van der Waals surface area contributed by atoms with Gasteiger partial charge in [-0.3, -0.25) is 9.78 Å². The maximum atomic E-state index is 11.6. The first-order valence-corrected chi connectivity index (χ1v) is 6.67. The molecule has 0 fully saturated rings. The van der Waals surface area contributed by atoms with Crippen molar-refractivity contribution in [2.45, 2.75) is 32.7 Å². The van der Waals surface area contributed by atoms with Crippen LogP contribution in [0.2, 0.25) is 0 Å². The van der Waals surface area contributed by atoms with E-state index >= 15 is 0 Å². The van der Waals surface area contributed by atoms with Gasteiger partial charge in [-0.05, 0) is 31.4 Å². The Morgan fingerprint density at radius 1 is 1.40 bits per heavy atom. The molecule has 20 heavy (non-hydrogen) atoms. The summed E-state index contributed by atoms with van der Waals surface area (Å²) in [6.45, 7) is 4.00. The third-order valence-corrected chi connectivity index (χ3v) is 3.05. The molecule has 1 heterocycles. The average Bonchev–Trinajstić information content (AvgIpc) is 2.44. The lowest BCUT2D eigenvalue weighted by Crippen LogP contribution is -2.37. The van der Waals surface area contributed by atoms with Crippen LogP contribution in [-0.4, -0.2) is 28.6 Å². The highest BCUT2D eigenvalue weighted by Gasteiger charge is 2.11. The number of urea groups is 1. The van der Waals surface area contributed by atoms with Gasteiger partial charge in [-0.1, -0.05) is 13.0 Å². The Bertz CT molecular complexity index is 437. The molecule has 0 spiro atoms. The number of aliphatic carboxylic acids is 1. The predicted octanol–water partition coefficient (Wildman–Crippen LogP) is 1.94. The molecule has 2 atom stereocenters. The molecule has 2 amide bonds. The fourth-order valence-electron chi connectivity index (χ4n) is 1.70. The van der Waals surface area contributed by atoms with Gasteiger partial charge in [0.1, 0.15) is 0 Å². The van der Waals surface area contributed by atoms with E-state index in [4.69, 9.17) is 5.11 Å². The summed E-state index contributed by atoms with van der Waals surface area (Å²) in [7, 11) is 0. The zero-order valence-corrected chi connectivity index (χ0v) is 11.8. The molecule has 6 heteroatoms. The first kappa shape index (κ1) is 15.9. The number of amides is 2. The minimum atomic E-state index is -0.806. The van der Waals surface area contributed by atoms with Crippen molar-refractivity contribution in [3.63, 3.8) is 0 Å². The minimum Gasteiger partial charge on any atom is -0.481 e. The van der Waals surface area contributed by atoms with Crippen LogP contribution in [0.15, 0.2) is 24.5 Å². The van der Waals surface area contributed by atoms with E-state index in [1.807, 2.05) is 19.1 Å². The highest BCUT2D eigenvalue weighted by Crippen LogP contribution is 2.09. The minimum absolute atomic E-state index is 0.123. The summed E-state index contributed by atoms with van der Waals surface area (Å²) in [5.41, 5.74) is 0.933. The molecule has 0 saturated carbocycles. The summed E-state index contributed by atoms with van der Waals surface area (Å²) in [6, 6.07) is 3.33. The number of hydrogen-bond acceptors (Lipinski definition) is 3. The topological polar surface area (TPSA) is 91.3 Å². The summed E-state index contributed by atoms with van der Waals surface area (Å²) in [6.07, 6.45) is 4.58. The number of carboxylic acid groups (broad SMARTS) is 1. The van der Waals surface area contributed by atoms with E-state index in [0.29, 0.717) is 19.4 Å². The first-order valence-electron chi connectivity index (χ1n) is 6.67. The Morgan fingerprint density at radius 2 is 2.15 bits per heavy atom. The second kappa shape index (κ2) is 8.14. The van der Waals surface area contributed by atoms with Gasteiger partial charge in [-0.15, -0.1) is 0 Å². The second-order valence-corrected chi connectivity index (χ2v) is 4.79. The summed E-state index contributed by atoms with van der Waals surface area (Å²) >= 11 is 0. The number of rotatable bonds is 7. The lowest BCUT2D eigenvalue weighted by molar-refractivity contribution is -0.141. The highest BCUT2D eigenvalue weighted by molar-refractivity contribution is 5.74. The molecule has 0 aliphatic heterocycles. The van der Waals surface area contributed by atoms with Crippen LogP contribution < -0.4 is 10.6 Å². The van der Waals surface area contributed by atoms with Crippen LogP contribution in [-0.2, 0) is 4.79 Å². The molecular weight excluding hydrogens is 258 g/mol. The molecule has 110 valence electrons. The normalized spacial score (nSPS) is 13.3. The van der Waals surface area contributed by atoms with Crippen molar-refractivity contribution in [2.75, 3.05) is 6.54 Å². The molecule has 3 N–H and O–H groups in total. The quantitative estimate of drug-likeness (QED) is 0.665. The van der Waals surface area contributed by atoms with Gasteiger partial charge < -0.3 is 15.7 Å². The van der Waals surface area contributed by atoms with E-state index in [1.165, 1.54) is 0 Å². The monoisotopic (exact) mass is 279 g/mol. The third-order valence-electron chi connectivity index (χ3n) is 3.05. The maximum Gasteiger partial charge on any atom is 0.315 e. The predicted molar refractivity (Wildman–Crippen MR) is 75.2 cm³/mol. The summed E-state index contributed by atoms with van der Waals surface area (Å²) in [4.78, 5) is 26.3. The summed E-state index contributed by atoms with van der Waals surface area (Å²) in [5, 5.41) is 14.2. The van der Waals surface area contributed by atoms with Crippen molar-refractivity contribution < 1.29 is 14.7 Å². The fourth-order valence-corrected chi connectivity index (χ4v) is 1.70. The zero-order valence-electron chi connectivity index (χ0n) is 11.8. The third kappa shape index (κ3) is 5.69. The number of nitrogens with zero attached hydrogens (tertiary/aromatic N) is 1. The van der Waals surface area contributed by atoms with Crippen LogP contribution in [0.4, 0.5) is 4.79 Å². The number of pyridine rings is 1. The molecule has 0 aliphatic rings. The van der Waals surface area contributed by atoms with Gasteiger partial charge in [0.25, 0.3) is 0 Å². The number of carbonyl (C=O) groups excluding carboxylic acids is 1. The number of aromatic nitrogens is 1. The fraction of sp³-hybridized carbons (Fsp3) is 0.500. The summed E-state index contributed by atoms with van der Waals surface area (Å²) < 4.78 is 0. The standard InChI is InChI=1S/C14H21N3O3/c1-10(13(18)19)5-3-8-16-14(20)17-11(2)12-6-4-7-15-9-12/h4,6-7,9-11H,3,5,8H2,1-2H3,(H,18,19)(H2,16,17,20). The number of carboxylic acids is 1. The van der Waals surface area contributed by atoms with Gasteiger partial charge >= 0.3 is 12.0 Å². The second-order valence-electron chi connectivity index (χ2n) is 4.79. The number of nitrogens with one attached hydrogen (secondary N) is 2. The van der Waals surface area contributed by atoms with Crippen molar-refractivity contribution in [3.05, 3.63) is 30.1 Å². The molecular formula is C14H21N3O3. The van der Waals surface area contributed by atoms with Gasteiger partial charge in [0.15, 0.2) is 0 Å². The van der Waals surface area contributed by atoms with Crippen LogP contribution in [0.25, 0.3) is 0 Å². The maximum absolute atomic E-state index is 11.6. The lowest BCUT2D eigenvalue weighted by atomic mass is 10.1. The van der Waals surface area contributed by atoms with E-state index in [-0.39, 0.29) is 18.0 Å². The average molecular weight is 279 g/mol. The van der Waals surface area contributed by atoms with Crippen molar-refractivity contribution in [2.24, 2.45) is 5.92 Å². The van der Waals surface area contributed by atoms with E-state index in [9.17, 15) is 9.59 Å². The van der Waals surface area contributed by atoms with Crippen molar-refractivity contribution in [3.8, 4) is 0 Å². The Balaban J connectivity index is 2.22.